The molecule has 13 heteroatoms. The zero-order valence-corrected chi connectivity index (χ0v) is 29.4. The Bertz CT molecular complexity index is 1900. The molecule has 258 valence electrons. The van der Waals surface area contributed by atoms with E-state index >= 15 is 4.79 Å². The molecule has 2 saturated heterocycles. The van der Waals surface area contributed by atoms with Crippen molar-refractivity contribution in [1.29, 1.82) is 5.26 Å². The molecule has 6 rings (SSSR count). The maximum Gasteiger partial charge on any atom is 0.271 e. The molecule has 0 aromatic heterocycles. The molecule has 12 nitrogen and oxygen atoms in total. The monoisotopic (exact) mass is 686 g/mol. The molecule has 0 radical (unpaired) electrons. The first-order chi connectivity index (χ1) is 23.5. The fraction of sp³-hybridized carbons (Fsp3) is 0.417. The molecule has 0 spiro atoms. The molecule has 0 N–H and O–H groups in total. The summed E-state index contributed by atoms with van der Waals surface area (Å²) in [7, 11) is 3.93. The van der Waals surface area contributed by atoms with Gasteiger partial charge in [0, 0.05) is 64.5 Å². The van der Waals surface area contributed by atoms with E-state index in [9.17, 15) is 18.5 Å². The highest BCUT2D eigenvalue weighted by molar-refractivity contribution is 7.93. The van der Waals surface area contributed by atoms with Crippen molar-refractivity contribution in [3.63, 3.8) is 0 Å². The first-order valence-electron chi connectivity index (χ1n) is 16.3. The van der Waals surface area contributed by atoms with Crippen LogP contribution in [0.4, 0.5) is 5.69 Å². The summed E-state index contributed by atoms with van der Waals surface area (Å²) in [6, 6.07) is 17.6. The van der Waals surface area contributed by atoms with E-state index in [1.54, 1.807) is 20.2 Å². The van der Waals surface area contributed by atoms with E-state index in [2.05, 4.69) is 22.9 Å². The summed E-state index contributed by atoms with van der Waals surface area (Å²) in [4.78, 5) is 37.2. The first kappa shape index (κ1) is 34.4. The highest BCUT2D eigenvalue weighted by Crippen LogP contribution is 2.54. The van der Waals surface area contributed by atoms with Crippen molar-refractivity contribution < 1.29 is 27.5 Å². The number of nitriles is 1. The van der Waals surface area contributed by atoms with Gasteiger partial charge in [0.05, 0.1) is 42.5 Å². The highest BCUT2D eigenvalue weighted by Gasteiger charge is 2.63. The topological polar surface area (TPSA) is 127 Å². The molecule has 2 amide bonds. The van der Waals surface area contributed by atoms with Crippen LogP contribution in [0, 0.1) is 11.3 Å². The summed E-state index contributed by atoms with van der Waals surface area (Å²) >= 11 is 0. The standard InChI is InChI=1S/C36H42N6O6S/c1-38(2)34(43)32-7-6-16-41(32)36(30-22-26(9-15-33(30)48-5)24-40-19-17-39(3)18-20-40)29-21-25(23-37)8-14-31(29)42(35(36)44)49(45,46)28-12-10-27(47-4)11-13-28/h8-15,21-22,32H,6-7,16-20,24H2,1-5H3/t32-,36?/m0/s1. The van der Waals surface area contributed by atoms with Gasteiger partial charge in [-0.3, -0.25) is 19.4 Å². The number of hydrogen-bond donors (Lipinski definition) is 0. The van der Waals surface area contributed by atoms with Crippen molar-refractivity contribution in [3.8, 4) is 17.6 Å². The van der Waals surface area contributed by atoms with E-state index in [1.165, 1.54) is 55.5 Å². The van der Waals surface area contributed by atoms with Crippen LogP contribution in [0.25, 0.3) is 0 Å². The molecule has 2 fully saturated rings. The van der Waals surface area contributed by atoms with Crippen molar-refractivity contribution in [2.45, 2.75) is 35.9 Å². The van der Waals surface area contributed by atoms with Gasteiger partial charge in [-0.1, -0.05) is 6.07 Å². The number of carbonyl (C=O) groups excluding carboxylic acids is 2. The molecule has 49 heavy (non-hydrogen) atoms. The fourth-order valence-electron chi connectivity index (χ4n) is 7.35. The minimum absolute atomic E-state index is 0.106. The van der Waals surface area contributed by atoms with Gasteiger partial charge in [0.25, 0.3) is 15.9 Å². The lowest BCUT2D eigenvalue weighted by Crippen LogP contribution is -2.59. The Kier molecular flexibility index (Phi) is 9.43. The number of likely N-dealkylation sites (tertiary alicyclic amines) is 1. The SMILES string of the molecule is COc1ccc(S(=O)(=O)N2C(=O)C(c3cc(CN4CCN(C)CC4)ccc3OC)(N3CCC[C@H]3C(=O)N(C)C)c3cc(C#N)ccc32)cc1. The molecule has 0 aliphatic carbocycles. The third kappa shape index (κ3) is 5.82. The number of anilines is 1. The lowest BCUT2D eigenvalue weighted by molar-refractivity contribution is -0.138. The molecular weight excluding hydrogens is 644 g/mol. The molecule has 3 aromatic rings. The Morgan fingerprint density at radius 3 is 2.31 bits per heavy atom. The molecular formula is C36H42N6O6S. The molecule has 0 saturated carbocycles. The molecule has 0 bridgehead atoms. The maximum absolute atomic E-state index is 15.6. The van der Waals surface area contributed by atoms with Crippen molar-refractivity contribution in [1.82, 2.24) is 19.6 Å². The van der Waals surface area contributed by atoms with Crippen molar-refractivity contribution in [2.24, 2.45) is 0 Å². The van der Waals surface area contributed by atoms with Crippen LogP contribution in [0.1, 0.15) is 35.1 Å². The second-order valence-electron chi connectivity index (χ2n) is 13.0. The smallest absolute Gasteiger partial charge is 0.271 e. The van der Waals surface area contributed by atoms with Crippen LogP contribution in [-0.2, 0) is 31.7 Å². The number of nitrogens with zero attached hydrogens (tertiary/aromatic N) is 6. The van der Waals surface area contributed by atoms with Crippen LogP contribution >= 0.6 is 0 Å². The number of ether oxygens (including phenoxy) is 2. The third-order valence-electron chi connectivity index (χ3n) is 9.89. The molecule has 3 aromatic carbocycles. The number of benzene rings is 3. The molecule has 3 aliphatic rings. The molecule has 1 unspecified atom stereocenters. The van der Waals surface area contributed by atoms with Gasteiger partial charge in [-0.05, 0) is 80.1 Å². The van der Waals surface area contributed by atoms with Crippen LogP contribution in [0.3, 0.4) is 0 Å². The van der Waals surface area contributed by atoms with Crippen LogP contribution in [-0.4, -0.2) is 114 Å². The Morgan fingerprint density at radius 1 is 0.959 bits per heavy atom. The van der Waals surface area contributed by atoms with Gasteiger partial charge < -0.3 is 19.3 Å². The zero-order chi connectivity index (χ0) is 35.1. The minimum atomic E-state index is -4.50. The number of likely N-dealkylation sites (N-methyl/N-ethyl adjacent to an activating group) is 2. The Labute approximate surface area is 288 Å². The average molecular weight is 687 g/mol. The first-order valence-corrected chi connectivity index (χ1v) is 17.8. The van der Waals surface area contributed by atoms with Crippen LogP contribution in [0.2, 0.25) is 0 Å². The summed E-state index contributed by atoms with van der Waals surface area (Å²) in [5, 5.41) is 10.1. The van der Waals surface area contributed by atoms with Crippen LogP contribution in [0.15, 0.2) is 65.6 Å². The number of piperazine rings is 1. The number of hydrogen-bond acceptors (Lipinski definition) is 10. The number of carbonyl (C=O) groups is 2. The second-order valence-corrected chi connectivity index (χ2v) is 14.8. The fourth-order valence-corrected chi connectivity index (χ4v) is 8.81. The zero-order valence-electron chi connectivity index (χ0n) is 28.5. The quantitative estimate of drug-likeness (QED) is 0.332. The number of methoxy groups -OCH3 is 2. The van der Waals surface area contributed by atoms with Crippen molar-refractivity contribution in [3.05, 3.63) is 82.9 Å². The predicted octanol–water partition coefficient (Wildman–Crippen LogP) is 2.85. The molecule has 3 heterocycles. The highest BCUT2D eigenvalue weighted by atomic mass is 32.2. The van der Waals surface area contributed by atoms with E-state index in [0.29, 0.717) is 48.6 Å². The normalized spacial score (nSPS) is 21.8. The maximum atomic E-state index is 15.6. The summed E-state index contributed by atoms with van der Waals surface area (Å²) in [5.41, 5.74) is 0.196. The van der Waals surface area contributed by atoms with Gasteiger partial charge in [-0.25, -0.2) is 12.7 Å². The van der Waals surface area contributed by atoms with E-state index in [4.69, 9.17) is 9.47 Å². The van der Waals surface area contributed by atoms with E-state index < -0.39 is 27.5 Å². The lowest BCUT2D eigenvalue weighted by atomic mass is 9.79. The largest absolute Gasteiger partial charge is 0.497 e. The summed E-state index contributed by atoms with van der Waals surface area (Å²) in [6.07, 6.45) is 1.06. The Morgan fingerprint density at radius 2 is 1.67 bits per heavy atom. The predicted molar refractivity (Wildman–Crippen MR) is 184 cm³/mol. The Hall–Kier alpha value is -4.48. The number of amides is 2. The molecule has 3 aliphatic heterocycles. The summed E-state index contributed by atoms with van der Waals surface area (Å²) in [6.45, 7) is 4.53. The number of sulfonamides is 1. The second kappa shape index (κ2) is 13.4. The van der Waals surface area contributed by atoms with Crippen LogP contribution < -0.4 is 13.8 Å². The van der Waals surface area contributed by atoms with Gasteiger partial charge in [0.1, 0.15) is 11.5 Å². The number of rotatable bonds is 9. The van der Waals surface area contributed by atoms with Gasteiger partial charge in [0.2, 0.25) is 5.91 Å². The average Bonchev–Trinajstić information content (AvgIpc) is 3.69. The van der Waals surface area contributed by atoms with E-state index in [1.807, 2.05) is 23.1 Å². The van der Waals surface area contributed by atoms with Gasteiger partial charge >= 0.3 is 0 Å². The van der Waals surface area contributed by atoms with E-state index in [-0.39, 0.29) is 22.1 Å². The number of fused-ring (bicyclic) bond motifs is 1. The van der Waals surface area contributed by atoms with Gasteiger partial charge in [-0.15, -0.1) is 0 Å². The van der Waals surface area contributed by atoms with Gasteiger partial charge in [-0.2, -0.15) is 5.26 Å². The van der Waals surface area contributed by atoms with Gasteiger partial charge in [0.15, 0.2) is 5.54 Å². The Balaban J connectivity index is 1.62. The van der Waals surface area contributed by atoms with Crippen molar-refractivity contribution >= 4 is 27.5 Å². The summed E-state index contributed by atoms with van der Waals surface area (Å²) < 4.78 is 41.2. The van der Waals surface area contributed by atoms with E-state index in [0.717, 1.165) is 36.0 Å². The third-order valence-corrected chi connectivity index (χ3v) is 11.6. The van der Waals surface area contributed by atoms with Crippen LogP contribution in [0.5, 0.6) is 11.5 Å². The molecule has 2 atom stereocenters. The summed E-state index contributed by atoms with van der Waals surface area (Å²) in [5.74, 6) is -0.131. The minimum Gasteiger partial charge on any atom is -0.497 e. The van der Waals surface area contributed by atoms with Crippen molar-refractivity contribution in [2.75, 3.05) is 72.4 Å². The lowest BCUT2D eigenvalue weighted by Gasteiger charge is -2.42.